The van der Waals surface area contributed by atoms with E-state index in [-0.39, 0.29) is 0 Å². The number of nitrogens with zero attached hydrogens (tertiary/aromatic N) is 2. The van der Waals surface area contributed by atoms with E-state index in [9.17, 15) is 0 Å². The molecule has 19 heavy (non-hydrogen) atoms. The third-order valence-corrected chi connectivity index (χ3v) is 4.07. The molecule has 0 aliphatic heterocycles. The van der Waals surface area contributed by atoms with Crippen LogP contribution in [0.15, 0.2) is 40.6 Å². The minimum absolute atomic E-state index is 0.719. The van der Waals surface area contributed by atoms with Crippen LogP contribution in [0.3, 0.4) is 0 Å². The van der Waals surface area contributed by atoms with E-state index < -0.39 is 0 Å². The van der Waals surface area contributed by atoms with Crippen LogP contribution < -0.4 is 5.32 Å². The number of rotatable bonds is 5. The molecular weight excluding hydrogens is 278 g/mol. The minimum Gasteiger partial charge on any atom is -0.313 e. The normalized spacial score (nSPS) is 10.7. The summed E-state index contributed by atoms with van der Waals surface area (Å²) in [5.41, 5.74) is 2.22. The van der Waals surface area contributed by atoms with Crippen molar-refractivity contribution in [2.45, 2.75) is 30.4 Å². The van der Waals surface area contributed by atoms with Gasteiger partial charge in [-0.1, -0.05) is 30.7 Å². The summed E-state index contributed by atoms with van der Waals surface area (Å²) in [5.74, 6) is 0. The number of nitrogens with one attached hydrogen (secondary N) is 1. The molecule has 0 saturated carbocycles. The molecule has 0 atom stereocenters. The Balaban J connectivity index is 2.25. The second kappa shape index (κ2) is 6.89. The van der Waals surface area contributed by atoms with Gasteiger partial charge in [-0.3, -0.25) is 0 Å². The molecule has 0 bridgehead atoms. The van der Waals surface area contributed by atoms with Gasteiger partial charge in [0.15, 0.2) is 5.16 Å². The molecule has 0 aliphatic rings. The molecule has 2 rings (SSSR count). The van der Waals surface area contributed by atoms with Crippen LogP contribution in [0.25, 0.3) is 0 Å². The van der Waals surface area contributed by atoms with Crippen LogP contribution in [0, 0.1) is 6.92 Å². The summed E-state index contributed by atoms with van der Waals surface area (Å²) in [6, 6.07) is 5.94. The fourth-order valence-corrected chi connectivity index (χ4v) is 2.73. The van der Waals surface area contributed by atoms with Gasteiger partial charge >= 0.3 is 0 Å². The van der Waals surface area contributed by atoms with Gasteiger partial charge < -0.3 is 5.32 Å². The molecule has 0 radical (unpaired) electrons. The van der Waals surface area contributed by atoms with Gasteiger partial charge in [-0.2, -0.15) is 0 Å². The van der Waals surface area contributed by atoms with E-state index in [1.807, 2.05) is 31.5 Å². The van der Waals surface area contributed by atoms with Crippen LogP contribution in [0.1, 0.15) is 18.1 Å². The van der Waals surface area contributed by atoms with Gasteiger partial charge in [0.2, 0.25) is 0 Å². The van der Waals surface area contributed by atoms with Crippen LogP contribution in [0.4, 0.5) is 0 Å². The summed E-state index contributed by atoms with van der Waals surface area (Å²) in [6.45, 7) is 5.78. The van der Waals surface area contributed by atoms with Crippen molar-refractivity contribution in [3.63, 3.8) is 0 Å². The Kier molecular flexibility index (Phi) is 5.19. The average Bonchev–Trinajstić information content (AvgIpc) is 2.42. The third-order valence-electron chi connectivity index (χ3n) is 2.56. The quantitative estimate of drug-likeness (QED) is 0.853. The van der Waals surface area contributed by atoms with Gasteiger partial charge in [0, 0.05) is 23.8 Å². The van der Waals surface area contributed by atoms with Crippen molar-refractivity contribution >= 4 is 23.4 Å². The number of halogens is 1. The summed E-state index contributed by atoms with van der Waals surface area (Å²) in [7, 11) is 0. The van der Waals surface area contributed by atoms with E-state index in [2.05, 4.69) is 28.3 Å². The van der Waals surface area contributed by atoms with Gasteiger partial charge in [0.25, 0.3) is 0 Å². The highest BCUT2D eigenvalue weighted by Crippen LogP contribution is 2.34. The van der Waals surface area contributed by atoms with Crippen LogP contribution in [0.5, 0.6) is 0 Å². The van der Waals surface area contributed by atoms with E-state index in [0.29, 0.717) is 0 Å². The lowest BCUT2D eigenvalue weighted by Gasteiger charge is -2.10. The molecule has 1 aromatic carbocycles. The highest BCUT2D eigenvalue weighted by atomic mass is 35.5. The second-order valence-electron chi connectivity index (χ2n) is 4.15. The molecule has 2 aromatic rings. The van der Waals surface area contributed by atoms with Crippen LogP contribution in [0.2, 0.25) is 5.02 Å². The molecule has 0 unspecified atom stereocenters. The van der Waals surface area contributed by atoms with E-state index >= 15 is 0 Å². The smallest absolute Gasteiger partial charge is 0.192 e. The van der Waals surface area contributed by atoms with Crippen molar-refractivity contribution in [3.05, 3.63) is 46.7 Å². The Morgan fingerprint density at radius 2 is 2.00 bits per heavy atom. The predicted octanol–water partition coefficient (Wildman–Crippen LogP) is 3.70. The molecule has 100 valence electrons. The third kappa shape index (κ3) is 3.93. The van der Waals surface area contributed by atoms with Crippen LogP contribution in [-0.2, 0) is 6.54 Å². The van der Waals surface area contributed by atoms with Gasteiger partial charge in [-0.25, -0.2) is 9.97 Å². The Hall–Kier alpha value is -1.10. The highest BCUT2D eigenvalue weighted by Gasteiger charge is 2.10. The van der Waals surface area contributed by atoms with E-state index in [4.69, 9.17) is 11.6 Å². The molecule has 1 aromatic heterocycles. The largest absolute Gasteiger partial charge is 0.313 e. The Labute approximate surface area is 122 Å². The summed E-state index contributed by atoms with van der Waals surface area (Å²) >= 11 is 7.79. The van der Waals surface area contributed by atoms with Crippen LogP contribution in [-0.4, -0.2) is 16.5 Å². The summed E-state index contributed by atoms with van der Waals surface area (Å²) in [5, 5.41) is 4.77. The maximum Gasteiger partial charge on any atom is 0.192 e. The molecule has 0 saturated heterocycles. The topological polar surface area (TPSA) is 37.8 Å². The SMILES string of the molecule is CCNCc1cccc(Cl)c1Sc1ncc(C)cn1. The molecule has 5 heteroatoms. The van der Waals surface area contributed by atoms with E-state index in [1.165, 1.54) is 17.3 Å². The molecule has 0 aliphatic carbocycles. The fraction of sp³-hybridized carbons (Fsp3) is 0.286. The van der Waals surface area contributed by atoms with Crippen molar-refractivity contribution in [3.8, 4) is 0 Å². The van der Waals surface area contributed by atoms with Crippen LogP contribution >= 0.6 is 23.4 Å². The molecule has 3 nitrogen and oxygen atoms in total. The molecule has 0 spiro atoms. The van der Waals surface area contributed by atoms with Crippen molar-refractivity contribution < 1.29 is 0 Å². The summed E-state index contributed by atoms with van der Waals surface area (Å²) in [6.07, 6.45) is 3.63. The number of benzene rings is 1. The lowest BCUT2D eigenvalue weighted by Crippen LogP contribution is -2.12. The first-order valence-electron chi connectivity index (χ1n) is 6.15. The first kappa shape index (κ1) is 14.3. The molecule has 1 N–H and O–H groups in total. The summed E-state index contributed by atoms with van der Waals surface area (Å²) < 4.78 is 0. The zero-order chi connectivity index (χ0) is 13.7. The van der Waals surface area contributed by atoms with E-state index in [0.717, 1.165) is 33.7 Å². The first-order valence-corrected chi connectivity index (χ1v) is 7.34. The van der Waals surface area contributed by atoms with Crippen molar-refractivity contribution in [2.75, 3.05) is 6.54 Å². The molecule has 0 amide bonds. The Morgan fingerprint density at radius 1 is 1.26 bits per heavy atom. The zero-order valence-corrected chi connectivity index (χ0v) is 12.6. The van der Waals surface area contributed by atoms with Gasteiger partial charge in [-0.15, -0.1) is 0 Å². The van der Waals surface area contributed by atoms with Crippen molar-refractivity contribution in [1.29, 1.82) is 0 Å². The number of hydrogen-bond acceptors (Lipinski definition) is 4. The average molecular weight is 294 g/mol. The van der Waals surface area contributed by atoms with Gasteiger partial charge in [-0.05, 0) is 42.4 Å². The minimum atomic E-state index is 0.719. The lowest BCUT2D eigenvalue weighted by molar-refractivity contribution is 0.718. The molecule has 0 fully saturated rings. The second-order valence-corrected chi connectivity index (χ2v) is 5.54. The van der Waals surface area contributed by atoms with Gasteiger partial charge in [0.05, 0.1) is 5.02 Å². The maximum absolute atomic E-state index is 6.29. The standard InChI is InChI=1S/C14H16ClN3S/c1-3-16-9-11-5-4-6-12(15)13(11)19-14-17-7-10(2)8-18-14/h4-8,16H,3,9H2,1-2H3. The Bertz CT molecular complexity index is 543. The summed E-state index contributed by atoms with van der Waals surface area (Å²) in [4.78, 5) is 9.64. The maximum atomic E-state index is 6.29. The van der Waals surface area contributed by atoms with Gasteiger partial charge in [0.1, 0.15) is 0 Å². The first-order chi connectivity index (χ1) is 9.20. The fourth-order valence-electron chi connectivity index (χ4n) is 1.59. The number of hydrogen-bond donors (Lipinski definition) is 1. The van der Waals surface area contributed by atoms with E-state index in [1.54, 1.807) is 0 Å². The predicted molar refractivity (Wildman–Crippen MR) is 79.7 cm³/mol. The lowest BCUT2D eigenvalue weighted by atomic mass is 10.2. The van der Waals surface area contributed by atoms with Crippen molar-refractivity contribution in [2.24, 2.45) is 0 Å². The zero-order valence-electron chi connectivity index (χ0n) is 11.0. The van der Waals surface area contributed by atoms with Crippen molar-refractivity contribution in [1.82, 2.24) is 15.3 Å². The number of aryl methyl sites for hydroxylation is 1. The number of aromatic nitrogens is 2. The molecule has 1 heterocycles. The molecular formula is C14H16ClN3S. The highest BCUT2D eigenvalue weighted by molar-refractivity contribution is 7.99. The monoisotopic (exact) mass is 293 g/mol. The Morgan fingerprint density at radius 3 is 2.68 bits per heavy atom.